The quantitative estimate of drug-likeness (QED) is 0.716. The predicted octanol–water partition coefficient (Wildman–Crippen LogP) is 2.36. The number of carbonyl (C=O) groups excluding carboxylic acids is 1. The summed E-state index contributed by atoms with van der Waals surface area (Å²) in [5.41, 5.74) is 1.81. The van der Waals surface area contributed by atoms with Crippen LogP contribution in [0, 0.1) is 18.2 Å². The van der Waals surface area contributed by atoms with Gasteiger partial charge in [0.1, 0.15) is 11.5 Å². The molecule has 2 aliphatic rings. The number of amides is 1. The number of aromatic nitrogens is 4. The highest BCUT2D eigenvalue weighted by Gasteiger charge is 2.45. The molecule has 0 radical (unpaired) electrons. The van der Waals surface area contributed by atoms with E-state index in [4.69, 9.17) is 0 Å². The van der Waals surface area contributed by atoms with Crippen molar-refractivity contribution in [3.8, 4) is 0 Å². The molecule has 1 N–H and O–H groups in total. The molecule has 1 spiro atoms. The lowest BCUT2D eigenvalue weighted by atomic mass is 9.73. The van der Waals surface area contributed by atoms with Crippen molar-refractivity contribution < 1.29 is 9.18 Å². The van der Waals surface area contributed by atoms with Gasteiger partial charge in [0.25, 0.3) is 5.91 Å². The Bertz CT molecular complexity index is 1100. The van der Waals surface area contributed by atoms with Crippen molar-refractivity contribution in [3.05, 3.63) is 48.1 Å². The first-order valence-corrected chi connectivity index (χ1v) is 10.1. The zero-order chi connectivity index (χ0) is 20.9. The van der Waals surface area contributed by atoms with Gasteiger partial charge in [0, 0.05) is 43.5 Å². The van der Waals surface area contributed by atoms with E-state index in [9.17, 15) is 9.18 Å². The minimum absolute atomic E-state index is 0.189. The lowest BCUT2D eigenvalue weighted by Gasteiger charge is -2.54. The van der Waals surface area contributed by atoms with Gasteiger partial charge in [-0.05, 0) is 33.4 Å². The molecule has 156 valence electrons. The summed E-state index contributed by atoms with van der Waals surface area (Å²) in [6.45, 7) is 6.02. The van der Waals surface area contributed by atoms with Crippen molar-refractivity contribution in [2.24, 2.45) is 5.41 Å². The van der Waals surface area contributed by atoms with E-state index in [1.165, 1.54) is 31.6 Å². The van der Waals surface area contributed by atoms with Crippen LogP contribution in [0.3, 0.4) is 0 Å². The van der Waals surface area contributed by atoms with Gasteiger partial charge in [0.15, 0.2) is 11.5 Å². The molecule has 0 atom stereocenters. The molecular weight excluding hydrogens is 385 g/mol. The Balaban J connectivity index is 1.25. The summed E-state index contributed by atoms with van der Waals surface area (Å²) in [5.74, 6) is -0.146. The number of hydrogen-bond donors (Lipinski definition) is 1. The Hall–Kier alpha value is -3.07. The van der Waals surface area contributed by atoms with Gasteiger partial charge in [-0.15, -0.1) is 0 Å². The SMILES string of the molecule is Cc1cn2cc(NC(=O)c3cnc(N4CC5(CCCN(C)C5)C4)cn3)cc(F)c2n1. The molecule has 0 aromatic carbocycles. The Morgan fingerprint density at radius 1 is 1.20 bits per heavy atom. The third kappa shape index (κ3) is 3.39. The zero-order valence-electron chi connectivity index (χ0n) is 17.1. The predicted molar refractivity (Wildman–Crippen MR) is 111 cm³/mol. The molecule has 0 saturated carbocycles. The van der Waals surface area contributed by atoms with Crippen molar-refractivity contribution in [3.63, 3.8) is 0 Å². The number of anilines is 2. The van der Waals surface area contributed by atoms with Gasteiger partial charge < -0.3 is 19.5 Å². The molecule has 0 bridgehead atoms. The van der Waals surface area contributed by atoms with E-state index >= 15 is 0 Å². The third-order valence-electron chi connectivity index (χ3n) is 5.98. The van der Waals surface area contributed by atoms with Gasteiger partial charge in [-0.1, -0.05) is 0 Å². The van der Waals surface area contributed by atoms with Crippen LogP contribution in [-0.4, -0.2) is 63.4 Å². The Labute approximate surface area is 173 Å². The molecule has 5 heterocycles. The van der Waals surface area contributed by atoms with E-state index < -0.39 is 11.7 Å². The van der Waals surface area contributed by atoms with Crippen LogP contribution in [-0.2, 0) is 0 Å². The Morgan fingerprint density at radius 3 is 2.77 bits per heavy atom. The van der Waals surface area contributed by atoms with E-state index in [0.29, 0.717) is 16.8 Å². The number of pyridine rings is 1. The summed E-state index contributed by atoms with van der Waals surface area (Å²) in [4.78, 5) is 29.9. The maximum absolute atomic E-state index is 14.2. The first-order chi connectivity index (χ1) is 14.4. The van der Waals surface area contributed by atoms with Crippen LogP contribution in [0.25, 0.3) is 5.65 Å². The summed E-state index contributed by atoms with van der Waals surface area (Å²) in [5, 5.41) is 2.68. The lowest BCUT2D eigenvalue weighted by Crippen LogP contribution is -2.62. The number of aryl methyl sites for hydroxylation is 1. The summed E-state index contributed by atoms with van der Waals surface area (Å²) in [6, 6.07) is 1.25. The second-order valence-corrected chi connectivity index (χ2v) is 8.60. The normalized spacial score (nSPS) is 18.6. The number of imidazole rings is 1. The number of nitrogens with one attached hydrogen (secondary N) is 1. The second-order valence-electron chi connectivity index (χ2n) is 8.60. The molecule has 2 aliphatic heterocycles. The number of likely N-dealkylation sites (tertiary alicyclic amines) is 1. The maximum Gasteiger partial charge on any atom is 0.275 e. The highest BCUT2D eigenvalue weighted by Crippen LogP contribution is 2.40. The Morgan fingerprint density at radius 2 is 2.03 bits per heavy atom. The van der Waals surface area contributed by atoms with Gasteiger partial charge in [0.05, 0.1) is 23.8 Å². The maximum atomic E-state index is 14.2. The lowest BCUT2D eigenvalue weighted by molar-refractivity contribution is 0.0777. The highest BCUT2D eigenvalue weighted by molar-refractivity contribution is 6.02. The van der Waals surface area contributed by atoms with Crippen LogP contribution in [0.5, 0.6) is 0 Å². The number of fused-ring (bicyclic) bond motifs is 1. The van der Waals surface area contributed by atoms with E-state index in [1.807, 2.05) is 0 Å². The summed E-state index contributed by atoms with van der Waals surface area (Å²) < 4.78 is 15.8. The third-order valence-corrected chi connectivity index (χ3v) is 5.98. The highest BCUT2D eigenvalue weighted by atomic mass is 19.1. The first kappa shape index (κ1) is 18.9. The van der Waals surface area contributed by atoms with Crippen molar-refractivity contribution in [1.82, 2.24) is 24.3 Å². The second kappa shape index (κ2) is 7.02. The van der Waals surface area contributed by atoms with Gasteiger partial charge >= 0.3 is 0 Å². The van der Waals surface area contributed by atoms with E-state index in [0.717, 1.165) is 25.5 Å². The van der Waals surface area contributed by atoms with E-state index in [1.54, 1.807) is 29.9 Å². The smallest absolute Gasteiger partial charge is 0.275 e. The van der Waals surface area contributed by atoms with Crippen LogP contribution >= 0.6 is 0 Å². The molecule has 2 fully saturated rings. The zero-order valence-corrected chi connectivity index (χ0v) is 17.1. The van der Waals surface area contributed by atoms with Crippen LogP contribution in [0.1, 0.15) is 29.0 Å². The first-order valence-electron chi connectivity index (χ1n) is 10.1. The fourth-order valence-corrected chi connectivity index (χ4v) is 4.68. The van der Waals surface area contributed by atoms with Crippen molar-refractivity contribution >= 4 is 23.1 Å². The van der Waals surface area contributed by atoms with Crippen LogP contribution < -0.4 is 10.2 Å². The molecule has 0 aliphatic carbocycles. The van der Waals surface area contributed by atoms with Crippen LogP contribution in [0.2, 0.25) is 0 Å². The molecular formula is C21H24FN7O. The monoisotopic (exact) mass is 409 g/mol. The number of carbonyl (C=O) groups is 1. The number of nitrogens with zero attached hydrogens (tertiary/aromatic N) is 6. The molecule has 8 nitrogen and oxygen atoms in total. The van der Waals surface area contributed by atoms with Gasteiger partial charge in [-0.2, -0.15) is 0 Å². The topological polar surface area (TPSA) is 78.7 Å². The van der Waals surface area contributed by atoms with Crippen LogP contribution in [0.4, 0.5) is 15.9 Å². The fraction of sp³-hybridized carbons (Fsp3) is 0.429. The molecule has 2 saturated heterocycles. The summed E-state index contributed by atoms with van der Waals surface area (Å²) in [7, 11) is 2.17. The summed E-state index contributed by atoms with van der Waals surface area (Å²) in [6.07, 6.45) is 8.92. The molecule has 1 amide bonds. The molecule has 9 heteroatoms. The fourth-order valence-electron chi connectivity index (χ4n) is 4.68. The molecule has 3 aromatic heterocycles. The molecule has 30 heavy (non-hydrogen) atoms. The molecule has 0 unspecified atom stereocenters. The minimum atomic E-state index is -0.498. The van der Waals surface area contributed by atoms with Crippen molar-refractivity contribution in [1.29, 1.82) is 0 Å². The number of piperidine rings is 1. The van der Waals surface area contributed by atoms with Gasteiger partial charge in [-0.25, -0.2) is 19.3 Å². The van der Waals surface area contributed by atoms with Gasteiger partial charge in [-0.3, -0.25) is 4.79 Å². The standard InChI is InChI=1S/C21H24FN7O/c1-14-9-28-10-15(6-16(22)19(28)25-14)26-20(30)17-7-24-18(8-23-17)29-12-21(13-29)4-3-5-27(2)11-21/h6-10H,3-5,11-13H2,1-2H3,(H,26,30). The van der Waals surface area contributed by atoms with E-state index in [-0.39, 0.29) is 11.3 Å². The average molecular weight is 409 g/mol. The summed E-state index contributed by atoms with van der Waals surface area (Å²) >= 11 is 0. The Kier molecular flexibility index (Phi) is 4.43. The van der Waals surface area contributed by atoms with Crippen LogP contribution in [0.15, 0.2) is 30.9 Å². The number of halogens is 1. The number of hydrogen-bond acceptors (Lipinski definition) is 6. The number of rotatable bonds is 3. The largest absolute Gasteiger partial charge is 0.354 e. The van der Waals surface area contributed by atoms with Crippen molar-refractivity contribution in [2.45, 2.75) is 19.8 Å². The molecule has 5 rings (SSSR count). The minimum Gasteiger partial charge on any atom is -0.354 e. The van der Waals surface area contributed by atoms with E-state index in [2.05, 4.69) is 37.1 Å². The van der Waals surface area contributed by atoms with Gasteiger partial charge in [0.2, 0.25) is 0 Å². The van der Waals surface area contributed by atoms with Crippen molar-refractivity contribution in [2.75, 3.05) is 43.4 Å². The molecule has 3 aromatic rings. The average Bonchev–Trinajstić information content (AvgIpc) is 3.07.